The Labute approximate surface area is 62.7 Å². The van der Waals surface area contributed by atoms with Gasteiger partial charge in [0.2, 0.25) is 0 Å². The van der Waals surface area contributed by atoms with Gasteiger partial charge in [0, 0.05) is 12.3 Å². The van der Waals surface area contributed by atoms with Crippen LogP contribution in [0, 0.1) is 0 Å². The average Bonchev–Trinajstić information content (AvgIpc) is 1.59. The first-order valence-corrected chi connectivity index (χ1v) is 5.43. The third-order valence-corrected chi connectivity index (χ3v) is 2.21. The lowest BCUT2D eigenvalue weighted by molar-refractivity contribution is 0.571. The molecule has 0 fully saturated rings. The van der Waals surface area contributed by atoms with E-state index in [1.807, 2.05) is 13.8 Å². The number of hydrogen-bond acceptors (Lipinski definition) is 3. The van der Waals surface area contributed by atoms with E-state index in [1.165, 1.54) is 6.26 Å². The van der Waals surface area contributed by atoms with Gasteiger partial charge in [-0.25, -0.2) is 8.42 Å². The molecule has 0 aliphatic carbocycles. The van der Waals surface area contributed by atoms with Crippen LogP contribution in [0.3, 0.4) is 0 Å². The molecule has 0 aliphatic rings. The summed E-state index contributed by atoms with van der Waals surface area (Å²) in [6, 6.07) is 0.0694. The minimum absolute atomic E-state index is 0.0694. The smallest absolute Gasteiger partial charge is 0.148 e. The summed E-state index contributed by atoms with van der Waals surface area (Å²) in [6.45, 7) is 4.64. The molecule has 0 amide bonds. The van der Waals surface area contributed by atoms with Gasteiger partial charge in [-0.1, -0.05) is 6.92 Å². The maximum absolute atomic E-state index is 10.7. The van der Waals surface area contributed by atoms with Gasteiger partial charge in [0.15, 0.2) is 0 Å². The van der Waals surface area contributed by atoms with Gasteiger partial charge >= 0.3 is 0 Å². The van der Waals surface area contributed by atoms with Gasteiger partial charge in [0.1, 0.15) is 9.84 Å². The van der Waals surface area contributed by atoms with Crippen molar-refractivity contribution in [1.29, 1.82) is 0 Å². The molecule has 0 unspecified atom stereocenters. The molecule has 0 saturated heterocycles. The lowest BCUT2D eigenvalue weighted by Crippen LogP contribution is -2.32. The zero-order valence-electron chi connectivity index (χ0n) is 6.72. The van der Waals surface area contributed by atoms with E-state index >= 15 is 0 Å². The topological polar surface area (TPSA) is 46.2 Å². The predicted molar refractivity (Wildman–Crippen MR) is 42.8 cm³/mol. The molecular weight excluding hydrogens is 150 g/mol. The molecule has 4 heteroatoms. The fraction of sp³-hybridized carbons (Fsp3) is 1.00. The highest BCUT2D eigenvalue weighted by molar-refractivity contribution is 7.90. The third kappa shape index (κ3) is 6.04. The van der Waals surface area contributed by atoms with Crippen LogP contribution in [0.4, 0.5) is 0 Å². The first kappa shape index (κ1) is 9.91. The molecule has 0 bridgehead atoms. The van der Waals surface area contributed by atoms with E-state index in [0.29, 0.717) is 0 Å². The van der Waals surface area contributed by atoms with Crippen LogP contribution in [0.1, 0.15) is 13.8 Å². The van der Waals surface area contributed by atoms with Crippen LogP contribution in [0.2, 0.25) is 0 Å². The Morgan fingerprint density at radius 2 is 2.00 bits per heavy atom. The minimum atomic E-state index is -2.81. The summed E-state index contributed by atoms with van der Waals surface area (Å²) in [4.78, 5) is 0. The molecule has 0 aromatic carbocycles. The zero-order valence-corrected chi connectivity index (χ0v) is 7.53. The summed E-state index contributed by atoms with van der Waals surface area (Å²) in [5, 5.41) is 3.02. The highest BCUT2D eigenvalue weighted by Gasteiger charge is 2.07. The molecule has 0 rings (SSSR count). The van der Waals surface area contributed by atoms with E-state index < -0.39 is 9.84 Å². The molecule has 1 N–H and O–H groups in total. The van der Waals surface area contributed by atoms with Gasteiger partial charge in [0.25, 0.3) is 0 Å². The maximum atomic E-state index is 10.7. The number of nitrogens with one attached hydrogen (secondary N) is 1. The van der Waals surface area contributed by atoms with Crippen LogP contribution in [-0.2, 0) is 9.84 Å². The predicted octanol–water partition coefficient (Wildman–Crippen LogP) is 0.0290. The Bertz CT molecular complexity index is 174. The average molecular weight is 165 g/mol. The molecule has 0 aromatic heterocycles. The van der Waals surface area contributed by atoms with E-state index in [-0.39, 0.29) is 11.8 Å². The normalized spacial score (nSPS) is 15.1. The molecule has 10 heavy (non-hydrogen) atoms. The second-order valence-corrected chi connectivity index (χ2v) is 4.74. The van der Waals surface area contributed by atoms with Crippen molar-refractivity contribution in [2.24, 2.45) is 0 Å². The fourth-order valence-corrected chi connectivity index (χ4v) is 1.89. The number of hydrogen-bond donors (Lipinski definition) is 1. The molecule has 62 valence electrons. The first-order valence-electron chi connectivity index (χ1n) is 3.37. The summed E-state index contributed by atoms with van der Waals surface area (Å²) in [5.41, 5.74) is 0. The minimum Gasteiger partial charge on any atom is -0.314 e. The van der Waals surface area contributed by atoms with Crippen LogP contribution in [0.15, 0.2) is 0 Å². The van der Waals surface area contributed by atoms with E-state index in [1.54, 1.807) is 0 Å². The Morgan fingerprint density at radius 3 is 2.30 bits per heavy atom. The SMILES string of the molecule is CCN[C@H](C)CS(C)(=O)=O. The molecule has 0 spiro atoms. The molecule has 1 atom stereocenters. The third-order valence-electron chi connectivity index (χ3n) is 1.11. The second kappa shape index (κ2) is 3.93. The Balaban J connectivity index is 3.69. The summed E-state index contributed by atoms with van der Waals surface area (Å²) < 4.78 is 21.4. The molecule has 0 aromatic rings. The molecular formula is C6H15NO2S. The van der Waals surface area contributed by atoms with Crippen molar-refractivity contribution in [2.45, 2.75) is 19.9 Å². The molecule has 0 heterocycles. The van der Waals surface area contributed by atoms with Gasteiger partial charge in [-0.15, -0.1) is 0 Å². The lowest BCUT2D eigenvalue weighted by Gasteiger charge is -2.09. The van der Waals surface area contributed by atoms with E-state index in [2.05, 4.69) is 5.32 Å². The van der Waals surface area contributed by atoms with E-state index in [4.69, 9.17) is 0 Å². The van der Waals surface area contributed by atoms with Crippen molar-refractivity contribution in [3.63, 3.8) is 0 Å². The summed E-state index contributed by atoms with van der Waals surface area (Å²) >= 11 is 0. The van der Waals surface area contributed by atoms with Gasteiger partial charge in [-0.3, -0.25) is 0 Å². The first-order chi connectivity index (χ1) is 4.45. The van der Waals surface area contributed by atoms with Crippen molar-refractivity contribution in [3.05, 3.63) is 0 Å². The lowest BCUT2D eigenvalue weighted by atomic mass is 10.4. The monoisotopic (exact) mass is 165 g/mol. The van der Waals surface area contributed by atoms with Gasteiger partial charge < -0.3 is 5.32 Å². The van der Waals surface area contributed by atoms with Gasteiger partial charge in [0.05, 0.1) is 5.75 Å². The second-order valence-electron chi connectivity index (χ2n) is 2.55. The van der Waals surface area contributed by atoms with E-state index in [0.717, 1.165) is 6.54 Å². The highest BCUT2D eigenvalue weighted by Crippen LogP contribution is 1.88. The fourth-order valence-electron chi connectivity index (χ4n) is 0.862. The van der Waals surface area contributed by atoms with Crippen molar-refractivity contribution in [2.75, 3.05) is 18.6 Å². The zero-order chi connectivity index (χ0) is 8.20. The molecule has 0 aliphatic heterocycles. The van der Waals surface area contributed by atoms with Crippen molar-refractivity contribution < 1.29 is 8.42 Å². The van der Waals surface area contributed by atoms with Crippen molar-refractivity contribution >= 4 is 9.84 Å². The van der Waals surface area contributed by atoms with Crippen LogP contribution in [0.25, 0.3) is 0 Å². The summed E-state index contributed by atoms with van der Waals surface area (Å²) in [6.07, 6.45) is 1.25. The van der Waals surface area contributed by atoms with Crippen molar-refractivity contribution in [3.8, 4) is 0 Å². The quantitative estimate of drug-likeness (QED) is 0.639. The van der Waals surface area contributed by atoms with Crippen molar-refractivity contribution in [1.82, 2.24) is 5.32 Å². The van der Waals surface area contributed by atoms with Crippen LogP contribution < -0.4 is 5.32 Å². The summed E-state index contributed by atoms with van der Waals surface area (Å²) in [7, 11) is -2.81. The van der Waals surface area contributed by atoms with Crippen LogP contribution in [0.5, 0.6) is 0 Å². The molecule has 3 nitrogen and oxygen atoms in total. The Kier molecular flexibility index (Phi) is 3.89. The standard InChI is InChI=1S/C6H15NO2S/c1-4-7-6(2)5-10(3,8)9/h6-7H,4-5H2,1-3H3/t6-/m1/s1. The largest absolute Gasteiger partial charge is 0.314 e. The summed E-state index contributed by atoms with van der Waals surface area (Å²) in [5.74, 6) is 0.223. The van der Waals surface area contributed by atoms with Gasteiger partial charge in [-0.05, 0) is 13.5 Å². The molecule has 0 radical (unpaired) electrons. The van der Waals surface area contributed by atoms with E-state index in [9.17, 15) is 8.42 Å². The Hall–Kier alpha value is -0.0900. The Morgan fingerprint density at radius 1 is 1.50 bits per heavy atom. The van der Waals surface area contributed by atoms with Gasteiger partial charge in [-0.2, -0.15) is 0 Å². The van der Waals surface area contributed by atoms with Crippen LogP contribution >= 0.6 is 0 Å². The highest BCUT2D eigenvalue weighted by atomic mass is 32.2. The number of rotatable bonds is 4. The van der Waals surface area contributed by atoms with Crippen LogP contribution in [-0.4, -0.2) is 33.0 Å². The molecule has 0 saturated carbocycles. The number of sulfone groups is 1. The maximum Gasteiger partial charge on any atom is 0.148 e.